The Bertz CT molecular complexity index is 1430. The van der Waals surface area contributed by atoms with E-state index in [-0.39, 0.29) is 11.7 Å². The number of amides is 1. The van der Waals surface area contributed by atoms with Gasteiger partial charge in [0.1, 0.15) is 5.65 Å². The van der Waals surface area contributed by atoms with E-state index < -0.39 is 10.0 Å². The highest BCUT2D eigenvalue weighted by molar-refractivity contribution is 7.93. The molecule has 0 unspecified atom stereocenters. The Balaban J connectivity index is 1.37. The predicted octanol–water partition coefficient (Wildman–Crippen LogP) is 4.68. The number of nitrogens with zero attached hydrogens (tertiary/aromatic N) is 2. The number of hydrogen-bond donors (Lipinski definition) is 2. The van der Waals surface area contributed by atoms with E-state index in [2.05, 4.69) is 15.3 Å². The molecule has 0 radical (unpaired) electrons. The Morgan fingerprint density at radius 3 is 2.62 bits per heavy atom. The SMILES string of the molecule is O=C(Nc1ccc(Cl)c(-c2ccc3cc[nH]c3n2)c1)c1ccc(N2CCCS2(=O)=O)cc1. The maximum absolute atomic E-state index is 12.8. The third kappa shape index (κ3) is 3.83. The molecule has 9 heteroatoms. The van der Waals surface area contributed by atoms with E-state index in [0.29, 0.717) is 46.2 Å². The molecule has 1 fully saturated rings. The first-order valence-corrected chi connectivity index (χ1v) is 12.1. The highest BCUT2D eigenvalue weighted by atomic mass is 35.5. The summed E-state index contributed by atoms with van der Waals surface area (Å²) in [5, 5.41) is 4.39. The van der Waals surface area contributed by atoms with Crippen molar-refractivity contribution in [2.24, 2.45) is 0 Å². The fourth-order valence-electron chi connectivity index (χ4n) is 3.79. The zero-order chi connectivity index (χ0) is 22.3. The zero-order valence-electron chi connectivity index (χ0n) is 16.9. The van der Waals surface area contributed by atoms with Gasteiger partial charge >= 0.3 is 0 Å². The molecule has 0 saturated carbocycles. The lowest BCUT2D eigenvalue weighted by Crippen LogP contribution is -2.25. The molecule has 162 valence electrons. The van der Waals surface area contributed by atoms with Crippen LogP contribution in [-0.4, -0.2) is 36.6 Å². The minimum Gasteiger partial charge on any atom is -0.346 e. The molecule has 2 aromatic carbocycles. The van der Waals surface area contributed by atoms with Gasteiger partial charge in [0.05, 0.1) is 22.2 Å². The Morgan fingerprint density at radius 1 is 1.06 bits per heavy atom. The largest absolute Gasteiger partial charge is 0.346 e. The summed E-state index contributed by atoms with van der Waals surface area (Å²) in [6.45, 7) is 0.462. The summed E-state index contributed by atoms with van der Waals surface area (Å²) in [6.07, 6.45) is 2.43. The number of pyridine rings is 1. The molecule has 5 rings (SSSR count). The summed E-state index contributed by atoms with van der Waals surface area (Å²) in [7, 11) is -3.25. The lowest BCUT2D eigenvalue weighted by Gasteiger charge is -2.17. The second kappa shape index (κ2) is 7.96. The fraction of sp³-hybridized carbons (Fsp3) is 0.130. The van der Waals surface area contributed by atoms with Crippen LogP contribution in [0.2, 0.25) is 5.02 Å². The molecular weight excluding hydrogens is 448 g/mol. The predicted molar refractivity (Wildman–Crippen MR) is 127 cm³/mol. The second-order valence-corrected chi connectivity index (χ2v) is 9.97. The molecule has 4 aromatic rings. The van der Waals surface area contributed by atoms with Crippen LogP contribution in [0.15, 0.2) is 66.9 Å². The summed E-state index contributed by atoms with van der Waals surface area (Å²) in [5.41, 5.74) is 3.72. The van der Waals surface area contributed by atoms with Gasteiger partial charge in [-0.1, -0.05) is 11.6 Å². The van der Waals surface area contributed by atoms with Gasteiger partial charge in [-0.3, -0.25) is 9.10 Å². The molecule has 0 atom stereocenters. The number of hydrogen-bond acceptors (Lipinski definition) is 4. The van der Waals surface area contributed by atoms with Gasteiger partial charge in [0.2, 0.25) is 10.0 Å². The van der Waals surface area contributed by atoms with E-state index in [4.69, 9.17) is 11.6 Å². The van der Waals surface area contributed by atoms with E-state index >= 15 is 0 Å². The van der Waals surface area contributed by atoms with Crippen molar-refractivity contribution in [1.82, 2.24) is 9.97 Å². The van der Waals surface area contributed by atoms with Crippen molar-refractivity contribution >= 4 is 49.9 Å². The second-order valence-electron chi connectivity index (χ2n) is 7.55. The van der Waals surface area contributed by atoms with Gasteiger partial charge in [0, 0.05) is 34.9 Å². The number of rotatable bonds is 4. The van der Waals surface area contributed by atoms with Crippen molar-refractivity contribution in [3.63, 3.8) is 0 Å². The smallest absolute Gasteiger partial charge is 0.255 e. The van der Waals surface area contributed by atoms with Gasteiger partial charge in [-0.05, 0) is 67.1 Å². The molecular formula is C23H19ClN4O3S. The molecule has 1 aliphatic rings. The van der Waals surface area contributed by atoms with Crippen molar-refractivity contribution in [3.8, 4) is 11.3 Å². The van der Waals surface area contributed by atoms with Crippen LogP contribution in [0.3, 0.4) is 0 Å². The molecule has 1 amide bonds. The van der Waals surface area contributed by atoms with E-state index in [1.54, 1.807) is 42.5 Å². The van der Waals surface area contributed by atoms with Crippen molar-refractivity contribution in [1.29, 1.82) is 0 Å². The molecule has 2 aromatic heterocycles. The molecule has 2 N–H and O–H groups in total. The van der Waals surface area contributed by atoms with Crippen molar-refractivity contribution in [2.75, 3.05) is 21.9 Å². The van der Waals surface area contributed by atoms with Gasteiger partial charge in [-0.15, -0.1) is 0 Å². The quantitative estimate of drug-likeness (QED) is 0.456. The van der Waals surface area contributed by atoms with Crippen LogP contribution in [0.25, 0.3) is 22.3 Å². The first-order chi connectivity index (χ1) is 15.4. The van der Waals surface area contributed by atoms with Gasteiger partial charge in [-0.2, -0.15) is 0 Å². The minimum absolute atomic E-state index is 0.153. The number of benzene rings is 2. The summed E-state index contributed by atoms with van der Waals surface area (Å²) in [4.78, 5) is 20.4. The number of nitrogens with one attached hydrogen (secondary N) is 2. The van der Waals surface area contributed by atoms with Crippen LogP contribution < -0.4 is 9.62 Å². The van der Waals surface area contributed by atoms with Crippen molar-refractivity contribution in [2.45, 2.75) is 6.42 Å². The van der Waals surface area contributed by atoms with Gasteiger partial charge in [0.25, 0.3) is 5.91 Å². The average Bonchev–Trinajstić information content (AvgIpc) is 3.40. The molecule has 1 aliphatic heterocycles. The maximum Gasteiger partial charge on any atom is 0.255 e. The summed E-state index contributed by atoms with van der Waals surface area (Å²) in [5.74, 6) is -0.151. The monoisotopic (exact) mass is 466 g/mol. The number of anilines is 2. The number of halogens is 1. The molecule has 3 heterocycles. The van der Waals surface area contributed by atoms with Crippen molar-refractivity contribution in [3.05, 3.63) is 77.4 Å². The van der Waals surface area contributed by atoms with E-state index in [9.17, 15) is 13.2 Å². The van der Waals surface area contributed by atoms with Crippen LogP contribution in [0, 0.1) is 0 Å². The van der Waals surface area contributed by atoms with Crippen LogP contribution in [0.4, 0.5) is 11.4 Å². The standard InChI is InChI=1S/C23H19ClN4O3S/c24-20-8-5-17(14-19(20)21-9-4-15-10-11-25-22(15)27-21)26-23(29)16-2-6-18(7-3-16)28-12-1-13-32(28,30)31/h2-11,14H,1,12-13H2,(H,25,27)(H,26,29). The lowest BCUT2D eigenvalue weighted by molar-refractivity contribution is 0.102. The first-order valence-electron chi connectivity index (χ1n) is 10.1. The molecule has 32 heavy (non-hydrogen) atoms. The first kappa shape index (κ1) is 20.5. The number of aromatic amines is 1. The Morgan fingerprint density at radius 2 is 1.88 bits per heavy atom. The number of H-pyrrole nitrogens is 1. The van der Waals surface area contributed by atoms with Crippen LogP contribution in [-0.2, 0) is 10.0 Å². The highest BCUT2D eigenvalue weighted by Gasteiger charge is 2.28. The number of aromatic nitrogens is 2. The van der Waals surface area contributed by atoms with Crippen LogP contribution in [0.5, 0.6) is 0 Å². The van der Waals surface area contributed by atoms with Crippen LogP contribution in [0.1, 0.15) is 16.8 Å². The number of sulfonamides is 1. The van der Waals surface area contributed by atoms with Gasteiger partial charge in [-0.25, -0.2) is 13.4 Å². The maximum atomic E-state index is 12.8. The van der Waals surface area contributed by atoms with Gasteiger partial charge < -0.3 is 10.3 Å². The molecule has 7 nitrogen and oxygen atoms in total. The topological polar surface area (TPSA) is 95.2 Å². The summed E-state index contributed by atoms with van der Waals surface area (Å²) in [6, 6.07) is 17.5. The summed E-state index contributed by atoms with van der Waals surface area (Å²) >= 11 is 6.40. The third-order valence-corrected chi connectivity index (χ3v) is 7.63. The molecule has 0 bridgehead atoms. The van der Waals surface area contributed by atoms with Gasteiger partial charge in [0.15, 0.2) is 0 Å². The molecule has 1 saturated heterocycles. The molecule has 0 spiro atoms. The van der Waals surface area contributed by atoms with Crippen LogP contribution >= 0.6 is 11.6 Å². The average molecular weight is 467 g/mol. The normalized spacial score (nSPS) is 15.2. The van der Waals surface area contributed by atoms with E-state index in [1.807, 2.05) is 24.4 Å². The number of carbonyl (C=O) groups excluding carboxylic acids is 1. The lowest BCUT2D eigenvalue weighted by atomic mass is 10.1. The summed E-state index contributed by atoms with van der Waals surface area (Å²) < 4.78 is 25.6. The molecule has 0 aliphatic carbocycles. The zero-order valence-corrected chi connectivity index (χ0v) is 18.4. The highest BCUT2D eigenvalue weighted by Crippen LogP contribution is 2.31. The number of carbonyl (C=O) groups is 1. The van der Waals surface area contributed by atoms with Crippen molar-refractivity contribution < 1.29 is 13.2 Å². The Labute approximate surface area is 190 Å². The number of fused-ring (bicyclic) bond motifs is 1. The van der Waals surface area contributed by atoms with E-state index in [0.717, 1.165) is 11.0 Å². The van der Waals surface area contributed by atoms with E-state index in [1.165, 1.54) is 4.31 Å². The minimum atomic E-state index is -3.25. The Kier molecular flexibility index (Phi) is 5.11. The third-order valence-electron chi connectivity index (χ3n) is 5.43. The fourth-order valence-corrected chi connectivity index (χ4v) is 5.57. The Hall–Kier alpha value is -3.36.